The van der Waals surface area contributed by atoms with Gasteiger partial charge >= 0.3 is 0 Å². The summed E-state index contributed by atoms with van der Waals surface area (Å²) in [7, 11) is 1.64. The van der Waals surface area contributed by atoms with Crippen LogP contribution in [-0.4, -0.2) is 15.0 Å². The van der Waals surface area contributed by atoms with Crippen LogP contribution in [0, 0.1) is 0 Å². The van der Waals surface area contributed by atoms with Crippen LogP contribution in [0.5, 0.6) is 5.75 Å². The predicted octanol–water partition coefficient (Wildman–Crippen LogP) is 3.68. The summed E-state index contributed by atoms with van der Waals surface area (Å²) < 4.78 is 28.6. The van der Waals surface area contributed by atoms with Gasteiger partial charge in [0.2, 0.25) is 9.05 Å². The molecule has 16 heavy (non-hydrogen) atoms. The van der Waals surface area contributed by atoms with E-state index >= 15 is 0 Å². The van der Waals surface area contributed by atoms with Gasteiger partial charge in [-0.25, -0.2) is 8.42 Å². The van der Waals surface area contributed by atoms with Crippen LogP contribution >= 0.6 is 42.5 Å². The van der Waals surface area contributed by atoms with Crippen LogP contribution < -0.4 is 4.74 Å². The van der Waals surface area contributed by atoms with Gasteiger partial charge in [-0.05, 0) is 56.5 Å². The molecule has 0 aromatic heterocycles. The number of halogens is 3. The molecular weight excluding hydrogens is 383 g/mol. The van der Waals surface area contributed by atoms with Gasteiger partial charge in [0, 0.05) is 10.7 Å². The van der Waals surface area contributed by atoms with E-state index < -0.39 is 9.05 Å². The van der Waals surface area contributed by atoms with Gasteiger partial charge in [-0.2, -0.15) is 0 Å². The van der Waals surface area contributed by atoms with Crippen molar-refractivity contribution >= 4 is 51.6 Å². The fourth-order valence-corrected chi connectivity index (χ4v) is 3.63. The Bertz CT molecular complexity index is 465. The first-order valence-corrected chi connectivity index (χ1v) is 8.43. The quantitative estimate of drug-likeness (QED) is 0.734. The molecule has 0 saturated carbocycles. The van der Waals surface area contributed by atoms with E-state index in [0.717, 1.165) is 0 Å². The van der Waals surface area contributed by atoms with Crippen molar-refractivity contribution in [3.63, 3.8) is 0 Å². The average molecular weight is 392 g/mol. The fraction of sp³-hybridized carbons (Fsp3) is 0.333. The third-order valence-corrected chi connectivity index (χ3v) is 3.87. The summed E-state index contributed by atoms with van der Waals surface area (Å²) in [6.45, 7) is 2.40. The van der Waals surface area contributed by atoms with Crippen molar-refractivity contribution in [2.24, 2.45) is 0 Å². The normalized spacial score (nSPS) is 11.5. The molecule has 0 bridgehead atoms. The Balaban J connectivity index is 3.09. The molecule has 0 radical (unpaired) electrons. The highest BCUT2D eigenvalue weighted by Crippen LogP contribution is 2.35. The molecule has 0 fully saturated rings. The van der Waals surface area contributed by atoms with Gasteiger partial charge in [0.15, 0.2) is 0 Å². The van der Waals surface area contributed by atoms with Crippen molar-refractivity contribution in [3.05, 3.63) is 26.6 Å². The van der Waals surface area contributed by atoms with Crippen LogP contribution in [0.25, 0.3) is 0 Å². The van der Waals surface area contributed by atoms with Crippen molar-refractivity contribution in [2.45, 2.75) is 12.7 Å². The number of ether oxygens (including phenoxy) is 1. The molecule has 0 aliphatic rings. The van der Waals surface area contributed by atoms with Crippen molar-refractivity contribution in [1.82, 2.24) is 0 Å². The maximum absolute atomic E-state index is 10.9. The Kier molecular flexibility index (Phi) is 5.10. The number of hydrogen-bond acceptors (Lipinski definition) is 3. The Morgan fingerprint density at radius 2 is 1.81 bits per heavy atom. The zero-order valence-electron chi connectivity index (χ0n) is 8.34. The first-order chi connectivity index (χ1) is 7.33. The maximum atomic E-state index is 10.9. The lowest BCUT2D eigenvalue weighted by molar-refractivity contribution is 0.336. The van der Waals surface area contributed by atoms with E-state index in [1.165, 1.54) is 0 Å². The molecule has 0 aliphatic heterocycles. The van der Waals surface area contributed by atoms with E-state index in [2.05, 4.69) is 31.9 Å². The van der Waals surface area contributed by atoms with E-state index in [4.69, 9.17) is 15.4 Å². The van der Waals surface area contributed by atoms with Gasteiger partial charge in [-0.15, -0.1) is 0 Å². The van der Waals surface area contributed by atoms with Gasteiger partial charge < -0.3 is 4.74 Å². The number of rotatable bonds is 4. The minimum absolute atomic E-state index is 0.210. The lowest BCUT2D eigenvalue weighted by Crippen LogP contribution is -1.98. The molecule has 1 aromatic rings. The average Bonchev–Trinajstić information content (AvgIpc) is 2.08. The molecular formula is C9H9Br2ClO3S. The van der Waals surface area contributed by atoms with E-state index in [0.29, 0.717) is 26.9 Å². The summed E-state index contributed by atoms with van der Waals surface area (Å²) in [5.41, 5.74) is 0.595. The van der Waals surface area contributed by atoms with Crippen molar-refractivity contribution in [1.29, 1.82) is 0 Å². The van der Waals surface area contributed by atoms with Crippen LogP contribution in [-0.2, 0) is 14.8 Å². The van der Waals surface area contributed by atoms with Gasteiger partial charge in [0.05, 0.1) is 21.3 Å². The monoisotopic (exact) mass is 390 g/mol. The summed E-state index contributed by atoms with van der Waals surface area (Å²) in [4.78, 5) is 0. The highest BCUT2D eigenvalue weighted by Gasteiger charge is 2.12. The van der Waals surface area contributed by atoms with Crippen LogP contribution in [0.4, 0.5) is 0 Å². The second kappa shape index (κ2) is 5.71. The largest absolute Gasteiger partial charge is 0.492 e. The third-order valence-electron chi connectivity index (χ3n) is 1.69. The number of hydrogen-bond donors (Lipinski definition) is 0. The Morgan fingerprint density at radius 3 is 2.19 bits per heavy atom. The molecule has 0 N–H and O–H groups in total. The molecule has 3 nitrogen and oxygen atoms in total. The van der Waals surface area contributed by atoms with Gasteiger partial charge in [-0.1, -0.05) is 0 Å². The molecule has 0 atom stereocenters. The Hall–Kier alpha value is 0.220. The first kappa shape index (κ1) is 14.3. The Labute approximate surface area is 116 Å². The first-order valence-electron chi connectivity index (χ1n) is 4.36. The fourth-order valence-electron chi connectivity index (χ4n) is 1.18. The molecule has 1 rings (SSSR count). The molecule has 7 heteroatoms. The van der Waals surface area contributed by atoms with E-state index in [1.807, 2.05) is 6.92 Å². The maximum Gasteiger partial charge on any atom is 0.236 e. The highest BCUT2D eigenvalue weighted by atomic mass is 79.9. The second-order valence-corrected chi connectivity index (χ2v) is 7.49. The van der Waals surface area contributed by atoms with Crippen LogP contribution in [0.1, 0.15) is 12.5 Å². The van der Waals surface area contributed by atoms with Gasteiger partial charge in [-0.3, -0.25) is 0 Å². The third kappa shape index (κ3) is 4.24. The summed E-state index contributed by atoms with van der Waals surface area (Å²) >= 11 is 6.63. The molecule has 90 valence electrons. The lowest BCUT2D eigenvalue weighted by Gasteiger charge is -2.10. The second-order valence-electron chi connectivity index (χ2n) is 3.00. The topological polar surface area (TPSA) is 43.4 Å². The van der Waals surface area contributed by atoms with Gasteiger partial charge in [0.1, 0.15) is 5.75 Å². The van der Waals surface area contributed by atoms with Crippen molar-refractivity contribution in [2.75, 3.05) is 6.61 Å². The molecule has 0 saturated heterocycles. The smallest absolute Gasteiger partial charge is 0.236 e. The van der Waals surface area contributed by atoms with E-state index in [-0.39, 0.29) is 5.75 Å². The lowest BCUT2D eigenvalue weighted by atomic mass is 10.2. The highest BCUT2D eigenvalue weighted by molar-refractivity contribution is 9.11. The zero-order chi connectivity index (χ0) is 12.3. The van der Waals surface area contributed by atoms with E-state index in [1.54, 1.807) is 12.1 Å². The van der Waals surface area contributed by atoms with Crippen LogP contribution in [0.3, 0.4) is 0 Å². The molecule has 0 unspecified atom stereocenters. The van der Waals surface area contributed by atoms with Crippen LogP contribution in [0.15, 0.2) is 21.1 Å². The predicted molar refractivity (Wildman–Crippen MR) is 71.5 cm³/mol. The van der Waals surface area contributed by atoms with Gasteiger partial charge in [0.25, 0.3) is 0 Å². The SMILES string of the molecule is CCOc1c(Br)cc(CS(=O)(=O)Cl)cc1Br. The summed E-state index contributed by atoms with van der Waals surface area (Å²) in [5.74, 6) is 0.441. The van der Waals surface area contributed by atoms with E-state index in [9.17, 15) is 8.42 Å². The summed E-state index contributed by atoms with van der Waals surface area (Å²) in [6, 6.07) is 3.35. The zero-order valence-corrected chi connectivity index (χ0v) is 13.1. The Morgan fingerprint density at radius 1 is 1.31 bits per heavy atom. The minimum Gasteiger partial charge on any atom is -0.492 e. The molecule has 0 heterocycles. The number of benzene rings is 1. The summed E-state index contributed by atoms with van der Waals surface area (Å²) in [5, 5.41) is 0. The molecule has 0 amide bonds. The van der Waals surface area contributed by atoms with Crippen molar-refractivity contribution in [3.8, 4) is 5.75 Å². The van der Waals surface area contributed by atoms with Crippen LogP contribution in [0.2, 0.25) is 0 Å². The molecule has 1 aromatic carbocycles. The standard InChI is InChI=1S/C9H9Br2ClO3S/c1-2-15-9-7(10)3-6(4-8(9)11)5-16(12,13)14/h3-4H,2,5H2,1H3. The van der Waals surface area contributed by atoms with Crippen molar-refractivity contribution < 1.29 is 13.2 Å². The molecule has 0 aliphatic carbocycles. The minimum atomic E-state index is -3.55. The summed E-state index contributed by atoms with van der Waals surface area (Å²) in [6.07, 6.45) is 0. The molecule has 0 spiro atoms.